The summed E-state index contributed by atoms with van der Waals surface area (Å²) >= 11 is 1.44. The summed E-state index contributed by atoms with van der Waals surface area (Å²) in [6.07, 6.45) is 8.10. The quantitative estimate of drug-likeness (QED) is 0.741. The summed E-state index contributed by atoms with van der Waals surface area (Å²) in [6, 6.07) is 0. The van der Waals surface area contributed by atoms with Gasteiger partial charge in [0.15, 0.2) is 5.16 Å². The van der Waals surface area contributed by atoms with Gasteiger partial charge in [-0.15, -0.1) is 10.2 Å². The number of methoxy groups -OCH3 is 1. The molecule has 124 valence electrons. The lowest BCUT2D eigenvalue weighted by Gasteiger charge is -2.22. The fourth-order valence-electron chi connectivity index (χ4n) is 2.67. The Labute approximate surface area is 136 Å². The molecule has 1 heterocycles. The molecule has 1 aromatic rings. The summed E-state index contributed by atoms with van der Waals surface area (Å²) in [5.74, 6) is 0.733. The van der Waals surface area contributed by atoms with E-state index in [0.29, 0.717) is 19.1 Å². The number of thioether (sulfide) groups is 1. The van der Waals surface area contributed by atoms with Crippen LogP contribution in [-0.2, 0) is 16.1 Å². The normalized spacial score (nSPS) is 17.4. The minimum absolute atomic E-state index is 0.0804. The van der Waals surface area contributed by atoms with Crippen LogP contribution in [0, 0.1) is 5.92 Å². The van der Waals surface area contributed by atoms with Crippen LogP contribution in [0.1, 0.15) is 39.0 Å². The summed E-state index contributed by atoms with van der Waals surface area (Å²) in [7, 11) is 1.67. The number of aromatic nitrogens is 3. The molecular weight excluding hydrogens is 300 g/mol. The minimum atomic E-state index is -0.172. The summed E-state index contributed by atoms with van der Waals surface area (Å²) in [4.78, 5) is 12.2. The first-order valence-electron chi connectivity index (χ1n) is 8.02. The molecule has 0 radical (unpaired) electrons. The predicted octanol–water partition coefficient (Wildman–Crippen LogP) is 2.10. The van der Waals surface area contributed by atoms with Gasteiger partial charge in [-0.2, -0.15) is 0 Å². The molecule has 1 unspecified atom stereocenters. The van der Waals surface area contributed by atoms with Crippen LogP contribution in [0.2, 0.25) is 0 Å². The monoisotopic (exact) mass is 326 g/mol. The highest BCUT2D eigenvalue weighted by atomic mass is 32.2. The summed E-state index contributed by atoms with van der Waals surface area (Å²) in [5, 5.41) is 11.7. The van der Waals surface area contributed by atoms with Crippen LogP contribution in [-0.4, -0.2) is 46.2 Å². The molecule has 1 atom stereocenters. The van der Waals surface area contributed by atoms with Crippen molar-refractivity contribution in [2.75, 3.05) is 20.3 Å². The SMILES string of the molecule is COCCn1cnnc1SC(C)C(=O)NCC1CCCCC1. The van der Waals surface area contributed by atoms with Crippen molar-refractivity contribution >= 4 is 17.7 Å². The highest BCUT2D eigenvalue weighted by molar-refractivity contribution is 8.00. The van der Waals surface area contributed by atoms with Crippen LogP contribution in [0.3, 0.4) is 0 Å². The third-order valence-corrected chi connectivity index (χ3v) is 5.15. The Balaban J connectivity index is 1.77. The molecule has 0 bridgehead atoms. The van der Waals surface area contributed by atoms with E-state index in [1.54, 1.807) is 13.4 Å². The molecule has 1 amide bonds. The first kappa shape index (κ1) is 17.3. The lowest BCUT2D eigenvalue weighted by molar-refractivity contribution is -0.120. The van der Waals surface area contributed by atoms with Crippen molar-refractivity contribution in [3.63, 3.8) is 0 Å². The smallest absolute Gasteiger partial charge is 0.233 e. The van der Waals surface area contributed by atoms with Crippen LogP contribution in [0.4, 0.5) is 0 Å². The van der Waals surface area contributed by atoms with Gasteiger partial charge in [0, 0.05) is 20.2 Å². The second-order valence-corrected chi connectivity index (χ2v) is 7.12. The van der Waals surface area contributed by atoms with Gasteiger partial charge in [0.1, 0.15) is 6.33 Å². The fraction of sp³-hybridized carbons (Fsp3) is 0.800. The van der Waals surface area contributed by atoms with E-state index in [1.807, 2.05) is 11.5 Å². The standard InChI is InChI=1S/C15H26N4O2S/c1-12(14(20)16-10-13-6-4-3-5-7-13)22-15-18-17-11-19(15)8-9-21-2/h11-13H,3-10H2,1-2H3,(H,16,20). The fourth-order valence-corrected chi connectivity index (χ4v) is 3.54. The van der Waals surface area contributed by atoms with Gasteiger partial charge in [-0.05, 0) is 25.7 Å². The molecule has 0 spiro atoms. The van der Waals surface area contributed by atoms with Crippen molar-refractivity contribution in [3.8, 4) is 0 Å². The zero-order chi connectivity index (χ0) is 15.8. The highest BCUT2D eigenvalue weighted by Gasteiger charge is 2.20. The van der Waals surface area contributed by atoms with E-state index in [1.165, 1.54) is 43.9 Å². The minimum Gasteiger partial charge on any atom is -0.383 e. The van der Waals surface area contributed by atoms with Gasteiger partial charge in [0.05, 0.1) is 11.9 Å². The van der Waals surface area contributed by atoms with Crippen molar-refractivity contribution in [2.45, 2.75) is 56.0 Å². The second-order valence-electron chi connectivity index (χ2n) is 5.81. The molecule has 1 aromatic heterocycles. The van der Waals surface area contributed by atoms with E-state index >= 15 is 0 Å². The van der Waals surface area contributed by atoms with Crippen molar-refractivity contribution < 1.29 is 9.53 Å². The van der Waals surface area contributed by atoms with Crippen LogP contribution in [0.5, 0.6) is 0 Å². The molecule has 1 N–H and O–H groups in total. The van der Waals surface area contributed by atoms with Gasteiger partial charge in [0.25, 0.3) is 0 Å². The molecule has 1 saturated carbocycles. The third-order valence-electron chi connectivity index (χ3n) is 4.06. The Kier molecular flexibility index (Phi) is 7.18. The van der Waals surface area contributed by atoms with Crippen molar-refractivity contribution in [1.29, 1.82) is 0 Å². The molecule has 2 rings (SSSR count). The molecule has 0 aliphatic heterocycles. The van der Waals surface area contributed by atoms with Crippen LogP contribution in [0.25, 0.3) is 0 Å². The number of carbonyl (C=O) groups excluding carboxylic acids is 1. The van der Waals surface area contributed by atoms with Gasteiger partial charge >= 0.3 is 0 Å². The topological polar surface area (TPSA) is 69.0 Å². The van der Waals surface area contributed by atoms with Gasteiger partial charge in [-0.1, -0.05) is 31.0 Å². The first-order chi connectivity index (χ1) is 10.7. The van der Waals surface area contributed by atoms with Crippen LogP contribution in [0.15, 0.2) is 11.5 Å². The number of hydrogen-bond donors (Lipinski definition) is 1. The largest absolute Gasteiger partial charge is 0.383 e. The Hall–Kier alpha value is -1.08. The maximum absolute atomic E-state index is 12.2. The maximum atomic E-state index is 12.2. The number of nitrogens with zero attached hydrogens (tertiary/aromatic N) is 3. The molecule has 0 aromatic carbocycles. The number of rotatable bonds is 8. The van der Waals surface area contributed by atoms with E-state index in [-0.39, 0.29) is 11.2 Å². The highest BCUT2D eigenvalue weighted by Crippen LogP contribution is 2.24. The number of nitrogens with one attached hydrogen (secondary N) is 1. The van der Waals surface area contributed by atoms with E-state index in [4.69, 9.17) is 4.74 Å². The van der Waals surface area contributed by atoms with Crippen molar-refractivity contribution in [3.05, 3.63) is 6.33 Å². The molecule has 7 heteroatoms. The van der Waals surface area contributed by atoms with Crippen molar-refractivity contribution in [2.24, 2.45) is 5.92 Å². The van der Waals surface area contributed by atoms with E-state index in [0.717, 1.165) is 11.7 Å². The number of carbonyl (C=O) groups is 1. The molecule has 22 heavy (non-hydrogen) atoms. The van der Waals surface area contributed by atoms with Gasteiger partial charge < -0.3 is 14.6 Å². The lowest BCUT2D eigenvalue weighted by Crippen LogP contribution is -2.35. The Morgan fingerprint density at radius 3 is 3.00 bits per heavy atom. The lowest BCUT2D eigenvalue weighted by atomic mass is 9.89. The molecule has 0 saturated heterocycles. The van der Waals surface area contributed by atoms with Gasteiger partial charge in [0.2, 0.25) is 5.91 Å². The molecule has 6 nitrogen and oxygen atoms in total. The molecule has 1 fully saturated rings. The second kappa shape index (κ2) is 9.15. The third kappa shape index (κ3) is 5.28. The number of amides is 1. The first-order valence-corrected chi connectivity index (χ1v) is 8.89. The summed E-state index contributed by atoms with van der Waals surface area (Å²) in [6.45, 7) is 4.02. The van der Waals surface area contributed by atoms with E-state index in [9.17, 15) is 4.79 Å². The van der Waals surface area contributed by atoms with E-state index < -0.39 is 0 Å². The molecule has 1 aliphatic carbocycles. The Morgan fingerprint density at radius 1 is 1.50 bits per heavy atom. The van der Waals surface area contributed by atoms with Crippen LogP contribution < -0.4 is 5.32 Å². The molecular formula is C15H26N4O2S. The number of hydrogen-bond acceptors (Lipinski definition) is 5. The Morgan fingerprint density at radius 2 is 2.27 bits per heavy atom. The molecule has 1 aliphatic rings. The van der Waals surface area contributed by atoms with Gasteiger partial charge in [-0.25, -0.2) is 0 Å². The van der Waals surface area contributed by atoms with Crippen LogP contribution >= 0.6 is 11.8 Å². The summed E-state index contributed by atoms with van der Waals surface area (Å²) in [5.41, 5.74) is 0. The number of ether oxygens (including phenoxy) is 1. The van der Waals surface area contributed by atoms with E-state index in [2.05, 4.69) is 15.5 Å². The van der Waals surface area contributed by atoms with Crippen molar-refractivity contribution in [1.82, 2.24) is 20.1 Å². The maximum Gasteiger partial charge on any atom is 0.233 e. The zero-order valence-electron chi connectivity index (χ0n) is 13.5. The average molecular weight is 326 g/mol. The van der Waals surface area contributed by atoms with Gasteiger partial charge in [-0.3, -0.25) is 4.79 Å². The average Bonchev–Trinajstić information content (AvgIpc) is 2.98. The Bertz CT molecular complexity index is 460. The summed E-state index contributed by atoms with van der Waals surface area (Å²) < 4.78 is 6.98. The predicted molar refractivity (Wildman–Crippen MR) is 86.8 cm³/mol. The zero-order valence-corrected chi connectivity index (χ0v) is 14.3.